The average Bonchev–Trinajstić information content (AvgIpc) is 3.16. The Balaban J connectivity index is 1.75. The first kappa shape index (κ1) is 19.9. The molecule has 2 aromatic carbocycles. The minimum atomic E-state index is -0.777. The van der Waals surface area contributed by atoms with Gasteiger partial charge in [-0.2, -0.15) is 4.99 Å². The molecule has 28 heavy (non-hydrogen) atoms. The second-order valence-corrected chi connectivity index (χ2v) is 7.19. The smallest absolute Gasteiger partial charge is 0.434 e. The number of hydrogen-bond acceptors (Lipinski definition) is 6. The van der Waals surface area contributed by atoms with Crippen LogP contribution in [0.1, 0.15) is 34.6 Å². The van der Waals surface area contributed by atoms with E-state index in [1.807, 2.05) is 54.6 Å². The third kappa shape index (κ3) is 5.31. The Bertz CT molecular complexity index is 950. The molecule has 0 radical (unpaired) electrons. The zero-order valence-corrected chi connectivity index (χ0v) is 16.2. The molecule has 0 aliphatic rings. The van der Waals surface area contributed by atoms with Crippen LogP contribution in [0.5, 0.6) is 0 Å². The van der Waals surface area contributed by atoms with Gasteiger partial charge in [0.25, 0.3) is 0 Å². The summed E-state index contributed by atoms with van der Waals surface area (Å²) in [6.45, 7) is 0.621. The molecule has 0 aliphatic heterocycles. The van der Waals surface area contributed by atoms with Crippen molar-refractivity contribution in [2.45, 2.75) is 25.9 Å². The van der Waals surface area contributed by atoms with Crippen molar-refractivity contribution in [1.29, 1.82) is 0 Å². The number of ketones is 1. The molecule has 2 N–H and O–H groups in total. The van der Waals surface area contributed by atoms with E-state index < -0.39 is 6.09 Å². The molecule has 144 valence electrons. The van der Waals surface area contributed by atoms with Gasteiger partial charge in [0, 0.05) is 0 Å². The number of rotatable bonds is 8. The number of carbonyl (C=O) groups is 2. The van der Waals surface area contributed by atoms with Gasteiger partial charge in [0.15, 0.2) is 5.01 Å². The van der Waals surface area contributed by atoms with Gasteiger partial charge in [-0.3, -0.25) is 4.79 Å². The van der Waals surface area contributed by atoms with Crippen LogP contribution in [0.3, 0.4) is 0 Å². The number of benzene rings is 2. The fourth-order valence-electron chi connectivity index (χ4n) is 2.61. The zero-order valence-electron chi connectivity index (χ0n) is 15.3. The van der Waals surface area contributed by atoms with Crippen LogP contribution < -0.4 is 5.73 Å². The Morgan fingerprint density at radius 2 is 1.79 bits per heavy atom. The van der Waals surface area contributed by atoms with Crippen LogP contribution >= 0.6 is 11.3 Å². The molecular weight excluding hydrogens is 374 g/mol. The van der Waals surface area contributed by atoms with Gasteiger partial charge in [-0.05, 0) is 43.5 Å². The first-order valence-electron chi connectivity index (χ1n) is 9.06. The SMILES string of the molecule is NCCCC/C(=N/C(=O)OCc1ccccc1)C(=O)c1nc2ccccc2s1. The molecule has 0 bridgehead atoms. The molecule has 0 fully saturated rings. The van der Waals surface area contributed by atoms with E-state index in [0.29, 0.717) is 24.4 Å². The van der Waals surface area contributed by atoms with Crippen LogP contribution in [0.25, 0.3) is 10.2 Å². The fourth-order valence-corrected chi connectivity index (χ4v) is 3.54. The van der Waals surface area contributed by atoms with E-state index >= 15 is 0 Å². The summed E-state index contributed by atoms with van der Waals surface area (Å²) in [5, 5.41) is 0.323. The highest BCUT2D eigenvalue weighted by atomic mass is 32.1. The van der Waals surface area contributed by atoms with Crippen molar-refractivity contribution in [1.82, 2.24) is 4.98 Å². The number of fused-ring (bicyclic) bond motifs is 1. The molecule has 3 aromatic rings. The van der Waals surface area contributed by atoms with E-state index in [9.17, 15) is 9.59 Å². The fraction of sp³-hybridized carbons (Fsp3) is 0.238. The van der Waals surface area contributed by atoms with Gasteiger partial charge in [0.05, 0.1) is 15.9 Å². The number of unbranched alkanes of at least 4 members (excludes halogenated alkanes) is 1. The normalized spacial score (nSPS) is 11.5. The van der Waals surface area contributed by atoms with E-state index in [0.717, 1.165) is 22.2 Å². The lowest BCUT2D eigenvalue weighted by Crippen LogP contribution is -2.17. The van der Waals surface area contributed by atoms with Crippen molar-refractivity contribution in [3.63, 3.8) is 0 Å². The molecule has 0 saturated heterocycles. The number of hydrogen-bond donors (Lipinski definition) is 1. The third-order valence-electron chi connectivity index (χ3n) is 4.05. The van der Waals surface area contributed by atoms with Crippen molar-refractivity contribution in [2.75, 3.05) is 6.54 Å². The van der Waals surface area contributed by atoms with Gasteiger partial charge in [0.1, 0.15) is 6.61 Å². The predicted octanol–water partition coefficient (Wildman–Crippen LogP) is 4.39. The molecule has 0 unspecified atom stereocenters. The van der Waals surface area contributed by atoms with Crippen LogP contribution in [-0.2, 0) is 11.3 Å². The second-order valence-electron chi connectivity index (χ2n) is 6.16. The first-order chi connectivity index (χ1) is 13.7. The summed E-state index contributed by atoms with van der Waals surface area (Å²) in [5.41, 5.74) is 7.31. The van der Waals surface area contributed by atoms with Crippen LogP contribution in [0, 0.1) is 0 Å². The number of ether oxygens (including phenoxy) is 1. The van der Waals surface area contributed by atoms with Gasteiger partial charge in [-0.15, -0.1) is 11.3 Å². The summed E-state index contributed by atoms with van der Waals surface area (Å²) >= 11 is 1.29. The van der Waals surface area contributed by atoms with Crippen molar-refractivity contribution in [2.24, 2.45) is 10.7 Å². The van der Waals surface area contributed by atoms with Crippen molar-refractivity contribution in [3.8, 4) is 0 Å². The number of carbonyl (C=O) groups excluding carboxylic acids is 2. The maximum atomic E-state index is 12.9. The average molecular weight is 395 g/mol. The van der Waals surface area contributed by atoms with Crippen molar-refractivity contribution >= 4 is 39.1 Å². The van der Waals surface area contributed by atoms with E-state index in [1.54, 1.807) is 0 Å². The summed E-state index contributed by atoms with van der Waals surface area (Å²) in [7, 11) is 0. The number of nitrogens with two attached hydrogens (primary N) is 1. The predicted molar refractivity (Wildman–Crippen MR) is 111 cm³/mol. The molecule has 0 aliphatic carbocycles. The van der Waals surface area contributed by atoms with Crippen molar-refractivity contribution < 1.29 is 14.3 Å². The molecule has 1 heterocycles. The second kappa shape index (κ2) is 9.87. The molecular formula is C21H21N3O3S. The van der Waals surface area contributed by atoms with E-state index in [4.69, 9.17) is 10.5 Å². The van der Waals surface area contributed by atoms with Gasteiger partial charge in [-0.25, -0.2) is 9.78 Å². The monoisotopic (exact) mass is 395 g/mol. The lowest BCUT2D eigenvalue weighted by atomic mass is 10.1. The highest BCUT2D eigenvalue weighted by molar-refractivity contribution is 7.21. The number of aliphatic imine (C=N–C) groups is 1. The lowest BCUT2D eigenvalue weighted by Gasteiger charge is -2.05. The highest BCUT2D eigenvalue weighted by Crippen LogP contribution is 2.22. The van der Waals surface area contributed by atoms with Crippen LogP contribution in [0.4, 0.5) is 4.79 Å². The summed E-state index contributed by atoms with van der Waals surface area (Å²) < 4.78 is 6.11. The number of amides is 1. The number of aromatic nitrogens is 1. The van der Waals surface area contributed by atoms with Crippen LogP contribution in [0.15, 0.2) is 59.6 Å². The Morgan fingerprint density at radius 3 is 2.54 bits per heavy atom. The van der Waals surface area contributed by atoms with E-state index in [-0.39, 0.29) is 18.1 Å². The minimum absolute atomic E-state index is 0.106. The topological polar surface area (TPSA) is 94.6 Å². The number of Topliss-reactive ketones (excluding diaryl/α,β-unsaturated/α-hetero) is 1. The van der Waals surface area contributed by atoms with Gasteiger partial charge in [0.2, 0.25) is 5.78 Å². The van der Waals surface area contributed by atoms with Crippen LogP contribution in [-0.4, -0.2) is 29.1 Å². The Kier molecular flexibility index (Phi) is 7.00. The number of nitrogens with zero attached hydrogens (tertiary/aromatic N) is 2. The molecule has 1 aromatic heterocycles. The summed E-state index contributed by atoms with van der Waals surface area (Å²) in [6.07, 6.45) is 0.983. The molecule has 1 amide bonds. The Morgan fingerprint density at radius 1 is 1.04 bits per heavy atom. The highest BCUT2D eigenvalue weighted by Gasteiger charge is 2.20. The maximum Gasteiger partial charge on any atom is 0.434 e. The Hall–Kier alpha value is -2.90. The molecule has 0 spiro atoms. The quantitative estimate of drug-likeness (QED) is 0.347. The van der Waals surface area contributed by atoms with E-state index in [2.05, 4.69) is 9.98 Å². The van der Waals surface area contributed by atoms with E-state index in [1.165, 1.54) is 11.3 Å². The third-order valence-corrected chi connectivity index (χ3v) is 5.08. The van der Waals surface area contributed by atoms with Gasteiger partial charge in [-0.1, -0.05) is 42.5 Å². The maximum absolute atomic E-state index is 12.9. The largest absolute Gasteiger partial charge is 0.443 e. The van der Waals surface area contributed by atoms with Gasteiger partial charge < -0.3 is 10.5 Å². The molecule has 0 atom stereocenters. The van der Waals surface area contributed by atoms with Gasteiger partial charge >= 0.3 is 6.09 Å². The molecule has 7 heteroatoms. The summed E-state index contributed by atoms with van der Waals surface area (Å²) in [5.74, 6) is -0.338. The number of para-hydroxylation sites is 1. The lowest BCUT2D eigenvalue weighted by molar-refractivity contribution is 0.106. The molecule has 3 rings (SSSR count). The first-order valence-corrected chi connectivity index (χ1v) is 9.87. The minimum Gasteiger partial charge on any atom is -0.443 e. The summed E-state index contributed by atoms with van der Waals surface area (Å²) in [4.78, 5) is 33.4. The zero-order chi connectivity index (χ0) is 19.8. The van der Waals surface area contributed by atoms with Crippen LogP contribution in [0.2, 0.25) is 0 Å². The number of thiazole rings is 1. The standard InChI is InChI=1S/C21H21N3O3S/c22-13-7-6-11-17(24-21(26)27-14-15-8-2-1-3-9-15)19(25)20-23-16-10-4-5-12-18(16)28-20/h1-5,8-10,12H,6-7,11,13-14,22H2/b24-17-. The van der Waals surface area contributed by atoms with Crippen molar-refractivity contribution in [3.05, 3.63) is 65.2 Å². The molecule has 6 nitrogen and oxygen atoms in total. The Labute approximate surface area is 167 Å². The summed E-state index contributed by atoms with van der Waals surface area (Å²) in [6, 6.07) is 16.8. The molecule has 0 saturated carbocycles.